The Labute approximate surface area is 97.8 Å². The molecule has 0 spiro atoms. The van der Waals surface area contributed by atoms with Crippen LogP contribution in [-0.2, 0) is 10.9 Å². The highest BCUT2D eigenvalue weighted by molar-refractivity contribution is 5.97. The number of rotatable bonds is 1. The molecule has 0 fully saturated rings. The first-order valence-corrected chi connectivity index (χ1v) is 4.61. The third-order valence-corrected chi connectivity index (χ3v) is 2.22. The van der Waals surface area contributed by atoms with E-state index in [-0.39, 0.29) is 11.1 Å². The number of furan rings is 1. The Bertz CT molecular complexity index is 617. The quantitative estimate of drug-likeness (QED) is 0.797. The molecular formula is C10H6F3NO4. The predicted octanol–water partition coefficient (Wildman–Crippen LogP) is 2.34. The summed E-state index contributed by atoms with van der Waals surface area (Å²) >= 11 is 0. The third kappa shape index (κ3) is 1.85. The van der Waals surface area contributed by atoms with Crippen molar-refractivity contribution in [3.05, 3.63) is 23.6 Å². The van der Waals surface area contributed by atoms with Crippen molar-refractivity contribution in [2.24, 2.45) is 0 Å². The topological polar surface area (TPSA) is 72.6 Å². The highest BCUT2D eigenvalue weighted by Gasteiger charge is 2.32. The number of esters is 1. The van der Waals surface area contributed by atoms with Gasteiger partial charge in [0.05, 0.1) is 18.1 Å². The van der Waals surface area contributed by atoms with E-state index in [0.29, 0.717) is 12.3 Å². The summed E-state index contributed by atoms with van der Waals surface area (Å²) in [4.78, 5) is 14.6. The van der Waals surface area contributed by atoms with Crippen molar-refractivity contribution in [3.63, 3.8) is 0 Å². The van der Waals surface area contributed by atoms with E-state index in [1.165, 1.54) is 0 Å². The zero-order valence-corrected chi connectivity index (χ0v) is 8.91. The lowest BCUT2D eigenvalue weighted by molar-refractivity contribution is -0.137. The van der Waals surface area contributed by atoms with Crippen molar-refractivity contribution in [1.29, 1.82) is 0 Å². The van der Waals surface area contributed by atoms with Crippen LogP contribution in [-0.4, -0.2) is 23.2 Å². The lowest BCUT2D eigenvalue weighted by atomic mass is 10.2. The molecule has 18 heavy (non-hydrogen) atoms. The van der Waals surface area contributed by atoms with E-state index < -0.39 is 29.2 Å². The number of aromatic nitrogens is 1. The highest BCUT2D eigenvalue weighted by atomic mass is 19.4. The molecular weight excluding hydrogens is 255 g/mol. The Morgan fingerprint density at radius 1 is 1.50 bits per heavy atom. The number of alkyl halides is 3. The summed E-state index contributed by atoms with van der Waals surface area (Å²) in [7, 11) is 1.05. The molecule has 0 aliphatic heterocycles. The number of hydrogen-bond donors (Lipinski definition) is 1. The standard InChI is InChI=1S/C10H6F3NO4/c1-17-9(16)7-6(15)5-2-4(10(11,12)13)3-14-8(5)18-7/h2-3,15H,1H3. The molecule has 2 aromatic rings. The van der Waals surface area contributed by atoms with E-state index in [9.17, 15) is 23.1 Å². The first kappa shape index (κ1) is 12.2. The van der Waals surface area contributed by atoms with Gasteiger partial charge in [-0.2, -0.15) is 13.2 Å². The molecule has 2 heterocycles. The summed E-state index contributed by atoms with van der Waals surface area (Å²) in [6.07, 6.45) is -4.05. The van der Waals surface area contributed by atoms with Crippen molar-refractivity contribution < 1.29 is 32.2 Å². The zero-order chi connectivity index (χ0) is 13.5. The number of ether oxygens (including phenoxy) is 1. The van der Waals surface area contributed by atoms with E-state index in [1.54, 1.807) is 0 Å². The molecule has 0 atom stereocenters. The molecule has 0 aliphatic carbocycles. The summed E-state index contributed by atoms with van der Waals surface area (Å²) in [5.74, 6) is -2.31. The predicted molar refractivity (Wildman–Crippen MR) is 52.0 cm³/mol. The number of halogens is 3. The minimum absolute atomic E-state index is 0.277. The number of hydrogen-bond acceptors (Lipinski definition) is 5. The number of fused-ring (bicyclic) bond motifs is 1. The van der Waals surface area contributed by atoms with E-state index in [2.05, 4.69) is 9.72 Å². The minimum Gasteiger partial charge on any atom is -0.503 e. The van der Waals surface area contributed by atoms with Crippen LogP contribution in [0.4, 0.5) is 13.2 Å². The molecule has 0 unspecified atom stereocenters. The first-order chi connectivity index (χ1) is 8.34. The molecule has 0 aliphatic rings. The van der Waals surface area contributed by atoms with Crippen LogP contribution in [0, 0.1) is 0 Å². The van der Waals surface area contributed by atoms with Crippen LogP contribution in [0.25, 0.3) is 11.1 Å². The van der Waals surface area contributed by atoms with Crippen molar-refractivity contribution in [1.82, 2.24) is 4.98 Å². The number of carbonyl (C=O) groups is 1. The lowest BCUT2D eigenvalue weighted by Crippen LogP contribution is -2.04. The molecule has 96 valence electrons. The molecule has 0 amide bonds. The molecule has 0 saturated carbocycles. The molecule has 0 bridgehead atoms. The summed E-state index contributed by atoms with van der Waals surface area (Å²) in [5, 5.41) is 9.28. The van der Waals surface area contributed by atoms with Crippen LogP contribution < -0.4 is 0 Å². The van der Waals surface area contributed by atoms with E-state index in [4.69, 9.17) is 4.42 Å². The van der Waals surface area contributed by atoms with Gasteiger partial charge in [-0.15, -0.1) is 0 Å². The smallest absolute Gasteiger partial charge is 0.417 e. The summed E-state index contributed by atoms with van der Waals surface area (Å²) in [5.41, 5.74) is -1.33. The normalized spacial score (nSPS) is 11.8. The van der Waals surface area contributed by atoms with Crippen LogP contribution in [0.1, 0.15) is 16.1 Å². The number of nitrogens with zero attached hydrogens (tertiary/aromatic N) is 1. The molecule has 2 aromatic heterocycles. The summed E-state index contributed by atoms with van der Waals surface area (Å²) in [6, 6.07) is 0.646. The second-order valence-electron chi connectivity index (χ2n) is 3.35. The summed E-state index contributed by atoms with van der Waals surface area (Å²) in [6.45, 7) is 0. The van der Waals surface area contributed by atoms with E-state index in [0.717, 1.165) is 7.11 Å². The van der Waals surface area contributed by atoms with E-state index in [1.807, 2.05) is 0 Å². The number of pyridine rings is 1. The van der Waals surface area contributed by atoms with Gasteiger partial charge in [0.15, 0.2) is 5.75 Å². The average Bonchev–Trinajstić information content (AvgIpc) is 2.64. The van der Waals surface area contributed by atoms with Crippen molar-refractivity contribution in [3.8, 4) is 5.75 Å². The molecule has 5 nitrogen and oxygen atoms in total. The fraction of sp³-hybridized carbons (Fsp3) is 0.200. The summed E-state index contributed by atoms with van der Waals surface area (Å²) < 4.78 is 46.4. The minimum atomic E-state index is -4.60. The Hall–Kier alpha value is -2.25. The van der Waals surface area contributed by atoms with Gasteiger partial charge in [-0.25, -0.2) is 9.78 Å². The molecule has 8 heteroatoms. The third-order valence-electron chi connectivity index (χ3n) is 2.22. The van der Waals surface area contributed by atoms with E-state index >= 15 is 0 Å². The zero-order valence-electron chi connectivity index (χ0n) is 8.91. The first-order valence-electron chi connectivity index (χ1n) is 4.61. The maximum Gasteiger partial charge on any atom is 0.417 e. The SMILES string of the molecule is COC(=O)c1oc2ncc(C(F)(F)F)cc2c1O. The molecule has 2 rings (SSSR count). The molecule has 0 saturated heterocycles. The second kappa shape index (κ2) is 3.90. The van der Waals surface area contributed by atoms with Gasteiger partial charge in [-0.1, -0.05) is 0 Å². The van der Waals surface area contributed by atoms with Crippen LogP contribution in [0.3, 0.4) is 0 Å². The van der Waals surface area contributed by atoms with Gasteiger partial charge < -0.3 is 14.3 Å². The molecule has 1 N–H and O–H groups in total. The Balaban J connectivity index is 2.64. The number of methoxy groups -OCH3 is 1. The second-order valence-corrected chi connectivity index (χ2v) is 3.35. The van der Waals surface area contributed by atoms with Crippen LogP contribution in [0.2, 0.25) is 0 Å². The monoisotopic (exact) mass is 261 g/mol. The van der Waals surface area contributed by atoms with Crippen molar-refractivity contribution in [2.45, 2.75) is 6.18 Å². The molecule has 0 radical (unpaired) electrons. The van der Waals surface area contributed by atoms with Crippen molar-refractivity contribution in [2.75, 3.05) is 7.11 Å². The maximum atomic E-state index is 12.4. The fourth-order valence-electron chi connectivity index (χ4n) is 1.36. The largest absolute Gasteiger partial charge is 0.503 e. The number of aromatic hydroxyl groups is 1. The Kier molecular flexibility index (Phi) is 2.64. The van der Waals surface area contributed by atoms with Gasteiger partial charge in [0.1, 0.15) is 0 Å². The van der Waals surface area contributed by atoms with Gasteiger partial charge in [-0.3, -0.25) is 0 Å². The van der Waals surface area contributed by atoms with Gasteiger partial charge in [0.2, 0.25) is 5.71 Å². The van der Waals surface area contributed by atoms with Gasteiger partial charge >= 0.3 is 12.1 Å². The van der Waals surface area contributed by atoms with Crippen molar-refractivity contribution >= 4 is 17.1 Å². The van der Waals surface area contributed by atoms with Crippen LogP contribution >= 0.6 is 0 Å². The Morgan fingerprint density at radius 2 is 2.17 bits per heavy atom. The fourth-order valence-corrected chi connectivity index (χ4v) is 1.36. The van der Waals surface area contributed by atoms with Crippen LogP contribution in [0.15, 0.2) is 16.7 Å². The highest BCUT2D eigenvalue weighted by Crippen LogP contribution is 2.36. The maximum absolute atomic E-state index is 12.4. The molecule has 0 aromatic carbocycles. The van der Waals surface area contributed by atoms with Gasteiger partial charge in [-0.05, 0) is 6.07 Å². The van der Waals surface area contributed by atoms with Gasteiger partial charge in [0.25, 0.3) is 5.76 Å². The average molecular weight is 261 g/mol. The lowest BCUT2D eigenvalue weighted by Gasteiger charge is -2.04. The van der Waals surface area contributed by atoms with Gasteiger partial charge in [0, 0.05) is 6.20 Å². The van der Waals surface area contributed by atoms with Crippen LogP contribution in [0.5, 0.6) is 5.75 Å². The number of carbonyl (C=O) groups excluding carboxylic acids is 1. The Morgan fingerprint density at radius 3 is 2.72 bits per heavy atom.